The Morgan fingerprint density at radius 3 is 2.54 bits per heavy atom. The number of aryl methyl sites for hydroxylation is 1. The van der Waals surface area contributed by atoms with Crippen LogP contribution in [0.3, 0.4) is 0 Å². The van der Waals surface area contributed by atoms with E-state index < -0.39 is 4.75 Å². The smallest absolute Gasteiger partial charge is 0.309 e. The van der Waals surface area contributed by atoms with Crippen LogP contribution in [0.25, 0.3) is 0 Å². The van der Waals surface area contributed by atoms with Crippen molar-refractivity contribution in [3.63, 3.8) is 0 Å². The Kier molecular flexibility index (Phi) is 8.59. The zero-order chi connectivity index (χ0) is 29.0. The molecule has 212 valence electrons. The summed E-state index contributed by atoms with van der Waals surface area (Å²) in [5.74, 6) is 1.45. The van der Waals surface area contributed by atoms with Gasteiger partial charge in [0.1, 0.15) is 11.6 Å². The summed E-state index contributed by atoms with van der Waals surface area (Å²) in [5.41, 5.74) is 6.28. The number of carbonyl (C=O) groups is 2. The second-order valence-electron chi connectivity index (χ2n) is 10.7. The molecule has 0 atom stereocenters. The van der Waals surface area contributed by atoms with Gasteiger partial charge in [-0.15, -0.1) is 0 Å². The molecule has 0 aliphatic carbocycles. The van der Waals surface area contributed by atoms with Gasteiger partial charge in [0, 0.05) is 30.8 Å². The van der Waals surface area contributed by atoms with E-state index in [1.807, 2.05) is 32.0 Å². The zero-order valence-corrected chi connectivity index (χ0v) is 24.9. The summed E-state index contributed by atoms with van der Waals surface area (Å²) in [5, 5.41) is 5.27. The van der Waals surface area contributed by atoms with Gasteiger partial charge in [0.05, 0.1) is 17.6 Å². The van der Waals surface area contributed by atoms with E-state index in [-0.39, 0.29) is 17.6 Å². The van der Waals surface area contributed by atoms with Crippen molar-refractivity contribution in [2.24, 2.45) is 10.1 Å². The number of benzene rings is 3. The molecule has 0 saturated heterocycles. The SMILES string of the molecule is CCC(=O)N1N=C(c2ccc3c(c2)CCCN3C(=NCCc2ccccc2)c2ccc(OC)cc2)C(C)(C)SC1=O. The molecule has 5 rings (SSSR count). The number of hydrogen-bond acceptors (Lipinski definition) is 6. The normalized spacial score (nSPS) is 16.7. The van der Waals surface area contributed by atoms with Gasteiger partial charge in [-0.05, 0) is 98.0 Å². The van der Waals surface area contributed by atoms with Crippen LogP contribution in [0.4, 0.5) is 10.5 Å². The van der Waals surface area contributed by atoms with E-state index in [9.17, 15) is 9.59 Å². The van der Waals surface area contributed by atoms with Gasteiger partial charge in [-0.1, -0.05) is 43.3 Å². The Morgan fingerprint density at radius 1 is 1.07 bits per heavy atom. The number of hydrogen-bond donors (Lipinski definition) is 0. The van der Waals surface area contributed by atoms with Crippen LogP contribution in [0.2, 0.25) is 0 Å². The summed E-state index contributed by atoms with van der Waals surface area (Å²) in [6.45, 7) is 7.24. The van der Waals surface area contributed by atoms with E-state index in [4.69, 9.17) is 9.73 Å². The molecule has 2 aliphatic rings. The lowest BCUT2D eigenvalue weighted by Crippen LogP contribution is -2.43. The van der Waals surface area contributed by atoms with Gasteiger partial charge in [0.2, 0.25) is 5.91 Å². The minimum atomic E-state index is -0.558. The Hall–Kier alpha value is -3.91. The second kappa shape index (κ2) is 12.3. The highest BCUT2D eigenvalue weighted by molar-refractivity contribution is 8.15. The fourth-order valence-electron chi connectivity index (χ4n) is 5.26. The molecule has 0 N–H and O–H groups in total. The van der Waals surface area contributed by atoms with Crippen molar-refractivity contribution in [1.82, 2.24) is 5.01 Å². The van der Waals surface area contributed by atoms with Crippen molar-refractivity contribution in [2.75, 3.05) is 25.1 Å². The van der Waals surface area contributed by atoms with E-state index in [0.29, 0.717) is 6.54 Å². The first kappa shape index (κ1) is 28.6. The quantitative estimate of drug-likeness (QED) is 0.234. The number of aliphatic imine (C=N–C) groups is 1. The predicted molar refractivity (Wildman–Crippen MR) is 167 cm³/mol. The minimum Gasteiger partial charge on any atom is -0.497 e. The number of amidine groups is 1. The molecule has 0 bridgehead atoms. The van der Waals surface area contributed by atoms with Gasteiger partial charge in [0.15, 0.2) is 0 Å². The molecule has 0 radical (unpaired) electrons. The van der Waals surface area contributed by atoms with Crippen LogP contribution in [0.15, 0.2) is 82.9 Å². The van der Waals surface area contributed by atoms with Crippen LogP contribution in [-0.4, -0.2) is 52.6 Å². The highest BCUT2D eigenvalue weighted by Crippen LogP contribution is 2.38. The van der Waals surface area contributed by atoms with Crippen LogP contribution in [0.1, 0.15) is 55.9 Å². The largest absolute Gasteiger partial charge is 0.497 e. The topological polar surface area (TPSA) is 74.6 Å². The van der Waals surface area contributed by atoms with Crippen LogP contribution in [-0.2, 0) is 17.6 Å². The maximum atomic E-state index is 12.6. The maximum Gasteiger partial charge on any atom is 0.309 e. The lowest BCUT2D eigenvalue weighted by atomic mass is 9.93. The lowest BCUT2D eigenvalue weighted by Gasteiger charge is -2.35. The van der Waals surface area contributed by atoms with Crippen molar-refractivity contribution < 1.29 is 14.3 Å². The number of thioether (sulfide) groups is 1. The van der Waals surface area contributed by atoms with E-state index in [2.05, 4.69) is 64.6 Å². The molecule has 8 heteroatoms. The molecular weight excluding hydrogens is 532 g/mol. The molecular formula is C33H36N4O3S. The molecule has 3 aromatic rings. The van der Waals surface area contributed by atoms with Crippen molar-refractivity contribution in [1.29, 1.82) is 0 Å². The predicted octanol–water partition coefficient (Wildman–Crippen LogP) is 6.73. The minimum absolute atomic E-state index is 0.223. The monoisotopic (exact) mass is 568 g/mol. The number of imide groups is 1. The first-order valence-corrected chi connectivity index (χ1v) is 14.9. The van der Waals surface area contributed by atoms with E-state index in [1.54, 1.807) is 14.0 Å². The van der Waals surface area contributed by atoms with E-state index in [1.165, 1.54) is 11.1 Å². The third-order valence-corrected chi connectivity index (χ3v) is 8.46. The van der Waals surface area contributed by atoms with Gasteiger partial charge in [-0.25, -0.2) is 0 Å². The number of nitrogens with zero attached hydrogens (tertiary/aromatic N) is 4. The van der Waals surface area contributed by atoms with Gasteiger partial charge in [-0.2, -0.15) is 10.1 Å². The summed E-state index contributed by atoms with van der Waals surface area (Å²) in [7, 11) is 1.67. The Labute approximate surface area is 246 Å². The first-order valence-electron chi connectivity index (χ1n) is 14.1. The van der Waals surface area contributed by atoms with Crippen molar-refractivity contribution in [3.8, 4) is 5.75 Å². The van der Waals surface area contributed by atoms with Crippen molar-refractivity contribution in [2.45, 2.75) is 51.2 Å². The fraction of sp³-hybridized carbons (Fsp3) is 0.333. The highest BCUT2D eigenvalue weighted by Gasteiger charge is 2.39. The number of ether oxygens (including phenoxy) is 1. The third-order valence-electron chi connectivity index (χ3n) is 7.40. The van der Waals surface area contributed by atoms with Crippen LogP contribution < -0.4 is 9.64 Å². The molecule has 3 aromatic carbocycles. The first-order chi connectivity index (χ1) is 19.8. The van der Waals surface area contributed by atoms with Gasteiger partial charge in [-0.3, -0.25) is 14.6 Å². The molecule has 0 spiro atoms. The van der Waals surface area contributed by atoms with Gasteiger partial charge >= 0.3 is 5.24 Å². The molecule has 2 aliphatic heterocycles. The Bertz CT molecular complexity index is 1480. The maximum absolute atomic E-state index is 12.6. The molecule has 0 saturated carbocycles. The summed E-state index contributed by atoms with van der Waals surface area (Å²) in [6, 6.07) is 24.9. The van der Waals surface area contributed by atoms with Crippen LogP contribution in [0, 0.1) is 0 Å². The number of fused-ring (bicyclic) bond motifs is 1. The van der Waals surface area contributed by atoms with Gasteiger partial charge in [0.25, 0.3) is 0 Å². The highest BCUT2D eigenvalue weighted by atomic mass is 32.2. The number of carbonyl (C=O) groups excluding carboxylic acids is 2. The summed E-state index contributed by atoms with van der Waals surface area (Å²) in [4.78, 5) is 32.5. The number of methoxy groups -OCH3 is 1. The number of amides is 2. The number of rotatable bonds is 7. The van der Waals surface area contributed by atoms with Gasteiger partial charge < -0.3 is 9.64 Å². The molecule has 7 nitrogen and oxygen atoms in total. The number of hydrazone groups is 1. The second-order valence-corrected chi connectivity index (χ2v) is 12.2. The summed E-state index contributed by atoms with van der Waals surface area (Å²) in [6.07, 6.45) is 2.99. The average molecular weight is 569 g/mol. The average Bonchev–Trinajstić information content (AvgIpc) is 2.99. The third kappa shape index (κ3) is 6.22. The standard InChI is InChI=1S/C33H36N4O3S/c1-5-29(38)37-32(39)41-33(2,3)30(35-37)26-15-18-28-25(22-26)12-9-21-36(28)31(24-13-16-27(40-4)17-14-24)34-20-19-23-10-7-6-8-11-23/h6-8,10-11,13-18,22H,5,9,12,19-21H2,1-4H3. The number of anilines is 1. The summed E-state index contributed by atoms with van der Waals surface area (Å²) >= 11 is 1.14. The molecule has 0 fully saturated rings. The molecule has 2 heterocycles. The molecule has 0 aromatic heterocycles. The molecule has 0 unspecified atom stereocenters. The Balaban J connectivity index is 1.51. The lowest BCUT2D eigenvalue weighted by molar-refractivity contribution is -0.127. The van der Waals surface area contributed by atoms with E-state index >= 15 is 0 Å². The van der Waals surface area contributed by atoms with Crippen LogP contribution >= 0.6 is 11.8 Å². The molecule has 2 amide bonds. The molecule has 41 heavy (non-hydrogen) atoms. The fourth-order valence-corrected chi connectivity index (χ4v) is 6.18. The van der Waals surface area contributed by atoms with Crippen LogP contribution in [0.5, 0.6) is 5.75 Å². The van der Waals surface area contributed by atoms with Crippen molar-refractivity contribution >= 4 is 40.1 Å². The van der Waals surface area contributed by atoms with Crippen molar-refractivity contribution in [3.05, 3.63) is 95.1 Å². The Morgan fingerprint density at radius 2 is 1.83 bits per heavy atom. The zero-order valence-electron chi connectivity index (χ0n) is 24.1. The van der Waals surface area contributed by atoms with E-state index in [0.717, 1.165) is 76.7 Å². The summed E-state index contributed by atoms with van der Waals surface area (Å²) < 4.78 is 4.84.